The first-order valence-electron chi connectivity index (χ1n) is 8.56. The molecule has 1 aromatic carbocycles. The Balaban J connectivity index is 1.98. The topological polar surface area (TPSA) is 28.4 Å². The summed E-state index contributed by atoms with van der Waals surface area (Å²) in [5.74, 6) is 0.243. The molecule has 0 unspecified atom stereocenters. The lowest BCUT2D eigenvalue weighted by atomic mass is 9.80. The van der Waals surface area contributed by atoms with Crippen LogP contribution >= 0.6 is 0 Å². The number of hydrogen-bond donors (Lipinski definition) is 1. The SMILES string of the molecule is CN1C[C@H](CO)C=C2c3cccc4c3c(cn4C(C)(C)C)C[C@H]21. The van der Waals surface area contributed by atoms with Gasteiger partial charge in [-0.2, -0.15) is 0 Å². The Labute approximate surface area is 138 Å². The zero-order valence-corrected chi connectivity index (χ0v) is 14.5. The fourth-order valence-electron chi connectivity index (χ4n) is 4.32. The van der Waals surface area contributed by atoms with E-state index < -0.39 is 0 Å². The van der Waals surface area contributed by atoms with Crippen LogP contribution in [0.4, 0.5) is 0 Å². The molecule has 2 atom stereocenters. The number of benzene rings is 1. The van der Waals surface area contributed by atoms with Crippen LogP contribution in [0, 0.1) is 5.92 Å². The predicted molar refractivity (Wildman–Crippen MR) is 95.6 cm³/mol. The molecule has 1 aromatic heterocycles. The highest BCUT2D eigenvalue weighted by atomic mass is 16.3. The second-order valence-corrected chi connectivity index (χ2v) is 8.12. The first kappa shape index (κ1) is 15.0. The van der Waals surface area contributed by atoms with E-state index in [9.17, 15) is 5.11 Å². The van der Waals surface area contributed by atoms with E-state index in [2.05, 4.69) is 67.8 Å². The molecule has 1 N–H and O–H groups in total. The number of aliphatic hydroxyl groups is 1. The molecule has 1 aliphatic carbocycles. The van der Waals surface area contributed by atoms with Crippen LogP contribution in [0.15, 0.2) is 30.5 Å². The van der Waals surface area contributed by atoms with Crippen LogP contribution in [0.3, 0.4) is 0 Å². The Kier molecular flexibility index (Phi) is 3.23. The molecule has 3 heteroatoms. The van der Waals surface area contributed by atoms with Gasteiger partial charge in [0.2, 0.25) is 0 Å². The highest BCUT2D eigenvalue weighted by molar-refractivity contribution is 5.98. The van der Waals surface area contributed by atoms with Crippen molar-refractivity contribution in [3.05, 3.63) is 41.6 Å². The maximum atomic E-state index is 9.62. The van der Waals surface area contributed by atoms with Gasteiger partial charge in [-0.3, -0.25) is 4.90 Å². The molecule has 1 aliphatic heterocycles. The summed E-state index contributed by atoms with van der Waals surface area (Å²) >= 11 is 0. The summed E-state index contributed by atoms with van der Waals surface area (Å²) in [6.07, 6.45) is 5.74. The van der Waals surface area contributed by atoms with Crippen LogP contribution in [0.5, 0.6) is 0 Å². The molecule has 2 aliphatic rings. The number of rotatable bonds is 1. The number of nitrogens with zero attached hydrogens (tertiary/aromatic N) is 2. The van der Waals surface area contributed by atoms with Gasteiger partial charge < -0.3 is 9.67 Å². The van der Waals surface area contributed by atoms with E-state index in [0.29, 0.717) is 6.04 Å². The van der Waals surface area contributed by atoms with Crippen LogP contribution in [0.25, 0.3) is 16.5 Å². The van der Waals surface area contributed by atoms with E-state index in [-0.39, 0.29) is 18.1 Å². The third kappa shape index (κ3) is 2.18. The molecule has 122 valence electrons. The van der Waals surface area contributed by atoms with Gasteiger partial charge in [0.1, 0.15) is 0 Å². The Morgan fingerprint density at radius 1 is 1.26 bits per heavy atom. The Morgan fingerprint density at radius 3 is 2.74 bits per heavy atom. The number of hydrogen-bond acceptors (Lipinski definition) is 2. The van der Waals surface area contributed by atoms with E-state index in [0.717, 1.165) is 13.0 Å². The molecule has 0 bridgehead atoms. The quantitative estimate of drug-likeness (QED) is 0.876. The highest BCUT2D eigenvalue weighted by Crippen LogP contribution is 2.42. The first-order valence-corrected chi connectivity index (χ1v) is 8.56. The summed E-state index contributed by atoms with van der Waals surface area (Å²) in [6, 6.07) is 7.11. The van der Waals surface area contributed by atoms with Crippen molar-refractivity contribution in [1.82, 2.24) is 9.47 Å². The standard InChI is InChI=1S/C20H26N2O/c1-20(2,3)22-11-14-9-18-16(8-13(12-23)10-21(18)4)15-6-5-7-17(22)19(14)15/h5-8,11,13,18,23H,9-10,12H2,1-4H3/t13-,18-/m1/s1. The average Bonchev–Trinajstić information content (AvgIpc) is 2.89. The number of aliphatic hydroxyl groups excluding tert-OH is 1. The van der Waals surface area contributed by atoms with Crippen molar-refractivity contribution in [3.8, 4) is 0 Å². The Morgan fingerprint density at radius 2 is 2.04 bits per heavy atom. The number of fused-ring (bicyclic) bond motifs is 2. The third-order valence-corrected chi connectivity index (χ3v) is 5.42. The van der Waals surface area contributed by atoms with Crippen LogP contribution in [-0.2, 0) is 12.0 Å². The number of aromatic nitrogens is 1. The van der Waals surface area contributed by atoms with Crippen LogP contribution in [0.2, 0.25) is 0 Å². The lowest BCUT2D eigenvalue weighted by Crippen LogP contribution is -2.43. The van der Waals surface area contributed by atoms with Crippen LogP contribution < -0.4 is 0 Å². The van der Waals surface area contributed by atoms with Crippen molar-refractivity contribution in [2.45, 2.75) is 38.8 Å². The fraction of sp³-hybridized carbons (Fsp3) is 0.500. The first-order chi connectivity index (χ1) is 10.9. The minimum Gasteiger partial charge on any atom is -0.396 e. The van der Waals surface area contributed by atoms with E-state index in [1.165, 1.54) is 27.6 Å². The second-order valence-electron chi connectivity index (χ2n) is 8.12. The fourth-order valence-corrected chi connectivity index (χ4v) is 4.32. The molecule has 0 amide bonds. The van der Waals surface area contributed by atoms with Crippen LogP contribution in [0.1, 0.15) is 31.9 Å². The summed E-state index contributed by atoms with van der Waals surface area (Å²) in [5.41, 5.74) is 5.64. The second kappa shape index (κ2) is 4.96. The van der Waals surface area contributed by atoms with Crippen molar-refractivity contribution in [1.29, 1.82) is 0 Å². The number of likely N-dealkylation sites (N-methyl/N-ethyl adjacent to an activating group) is 1. The van der Waals surface area contributed by atoms with Crippen LogP contribution in [-0.4, -0.2) is 40.8 Å². The minimum atomic E-state index is 0.0819. The molecule has 23 heavy (non-hydrogen) atoms. The Hall–Kier alpha value is -1.58. The van der Waals surface area contributed by atoms with Gasteiger partial charge in [-0.1, -0.05) is 18.2 Å². The molecule has 2 aromatic rings. The summed E-state index contributed by atoms with van der Waals surface area (Å²) in [7, 11) is 2.19. The maximum absolute atomic E-state index is 9.62. The van der Waals surface area contributed by atoms with E-state index in [1.807, 2.05) is 0 Å². The van der Waals surface area contributed by atoms with E-state index in [4.69, 9.17) is 0 Å². The van der Waals surface area contributed by atoms with Gasteiger partial charge in [0.05, 0.1) is 6.61 Å². The van der Waals surface area contributed by atoms with Gasteiger partial charge in [-0.15, -0.1) is 0 Å². The van der Waals surface area contributed by atoms with Gasteiger partial charge in [-0.05, 0) is 57.0 Å². The molecular weight excluding hydrogens is 284 g/mol. The van der Waals surface area contributed by atoms with Crippen molar-refractivity contribution in [3.63, 3.8) is 0 Å². The molecule has 2 heterocycles. The summed E-state index contributed by atoms with van der Waals surface area (Å²) in [6.45, 7) is 7.96. The zero-order valence-electron chi connectivity index (χ0n) is 14.5. The zero-order chi connectivity index (χ0) is 16.4. The highest BCUT2D eigenvalue weighted by Gasteiger charge is 2.34. The minimum absolute atomic E-state index is 0.0819. The van der Waals surface area contributed by atoms with Crippen molar-refractivity contribution < 1.29 is 5.11 Å². The normalized spacial score (nSPS) is 24.7. The smallest absolute Gasteiger partial charge is 0.0506 e. The summed E-state index contributed by atoms with van der Waals surface area (Å²) < 4.78 is 2.42. The van der Waals surface area contributed by atoms with Gasteiger partial charge in [0.15, 0.2) is 0 Å². The predicted octanol–water partition coefficient (Wildman–Crippen LogP) is 3.26. The lowest BCUT2D eigenvalue weighted by molar-refractivity contribution is 0.181. The van der Waals surface area contributed by atoms with Gasteiger partial charge in [0.25, 0.3) is 0 Å². The van der Waals surface area contributed by atoms with Crippen molar-refractivity contribution >= 4 is 16.5 Å². The summed E-state index contributed by atoms with van der Waals surface area (Å²) in [4.78, 5) is 2.41. The van der Waals surface area contributed by atoms with E-state index in [1.54, 1.807) is 0 Å². The molecule has 0 saturated carbocycles. The molecule has 4 rings (SSSR count). The van der Waals surface area contributed by atoms with Crippen molar-refractivity contribution in [2.24, 2.45) is 5.92 Å². The monoisotopic (exact) mass is 310 g/mol. The van der Waals surface area contributed by atoms with Gasteiger partial charge in [-0.25, -0.2) is 0 Å². The van der Waals surface area contributed by atoms with Gasteiger partial charge in [0, 0.05) is 41.1 Å². The Bertz CT molecular complexity index is 794. The molecule has 0 saturated heterocycles. The summed E-state index contributed by atoms with van der Waals surface area (Å²) in [5, 5.41) is 11.0. The molecular formula is C20H26N2O. The average molecular weight is 310 g/mol. The van der Waals surface area contributed by atoms with Crippen molar-refractivity contribution in [2.75, 3.05) is 20.2 Å². The third-order valence-electron chi connectivity index (χ3n) is 5.42. The molecule has 0 radical (unpaired) electrons. The van der Waals surface area contributed by atoms with E-state index >= 15 is 0 Å². The molecule has 3 nitrogen and oxygen atoms in total. The largest absolute Gasteiger partial charge is 0.396 e. The lowest BCUT2D eigenvalue weighted by Gasteiger charge is -2.39. The molecule has 0 fully saturated rings. The maximum Gasteiger partial charge on any atom is 0.0506 e. The molecule has 0 spiro atoms. The van der Waals surface area contributed by atoms with Gasteiger partial charge >= 0.3 is 0 Å².